The van der Waals surface area contributed by atoms with Gasteiger partial charge >= 0.3 is 11.7 Å². The van der Waals surface area contributed by atoms with Crippen molar-refractivity contribution in [3.05, 3.63) is 127 Å². The van der Waals surface area contributed by atoms with Gasteiger partial charge in [0.2, 0.25) is 11.6 Å². The molecule has 0 bridgehead atoms. The van der Waals surface area contributed by atoms with Gasteiger partial charge < -0.3 is 19.0 Å². The molecule has 13 heteroatoms. The summed E-state index contributed by atoms with van der Waals surface area (Å²) in [5.74, 6) is -0.804. The van der Waals surface area contributed by atoms with Gasteiger partial charge in [-0.1, -0.05) is 40.2 Å². The summed E-state index contributed by atoms with van der Waals surface area (Å²) in [6.45, 7) is -0.151. The van der Waals surface area contributed by atoms with Gasteiger partial charge in [-0.25, -0.2) is 9.78 Å². The Balaban J connectivity index is 1.41. The largest absolute Gasteiger partial charge is 0.493 e. The van der Waals surface area contributed by atoms with Crippen LogP contribution in [0, 0.1) is 10.1 Å². The number of para-hydroxylation sites is 1. The number of benzene rings is 4. The lowest BCUT2D eigenvalue weighted by Crippen LogP contribution is -2.20. The maximum absolute atomic E-state index is 13.6. The summed E-state index contributed by atoms with van der Waals surface area (Å²) in [6, 6.07) is 22.8. The molecule has 0 unspecified atom stereocenters. The molecule has 6 aromatic rings. The first-order chi connectivity index (χ1) is 21.7. The van der Waals surface area contributed by atoms with Crippen molar-refractivity contribution in [3.8, 4) is 23.1 Å². The number of aromatic carboxylic acids is 1. The number of carbonyl (C=O) groups is 1. The Bertz CT molecular complexity index is 2220. The Morgan fingerprint density at radius 3 is 2.71 bits per heavy atom. The van der Waals surface area contributed by atoms with Crippen molar-refractivity contribution in [2.24, 2.45) is 5.10 Å². The Kier molecular flexibility index (Phi) is 7.84. The number of nitro groups is 1. The van der Waals surface area contributed by atoms with Crippen LogP contribution in [0.2, 0.25) is 0 Å². The molecule has 0 atom stereocenters. The summed E-state index contributed by atoms with van der Waals surface area (Å²) >= 11 is 3.45. The molecular formula is C32H21BrN4O8. The second-order valence-electron chi connectivity index (χ2n) is 9.73. The minimum absolute atomic E-state index is 0.0344. The highest BCUT2D eigenvalue weighted by atomic mass is 79.9. The highest BCUT2D eigenvalue weighted by Crippen LogP contribution is 2.38. The standard InChI is InChI=1S/C32H21BrN4O8/c1-43-27-13-19(12-25(37(41)42)29(27)44-17-18-5-4-6-20(11-18)32(39)40)16-34-36-30(35-24-8-3-2-7-23(24)31(36)38)28-15-21-14-22(33)9-10-26(21)45-28/h2-16H,17H2,1H3,(H,39,40). The lowest BCUT2D eigenvalue weighted by Gasteiger charge is -2.12. The monoisotopic (exact) mass is 668 g/mol. The molecule has 0 saturated carbocycles. The van der Waals surface area contributed by atoms with Crippen LogP contribution in [0.1, 0.15) is 21.5 Å². The van der Waals surface area contributed by atoms with Crippen LogP contribution >= 0.6 is 15.9 Å². The van der Waals surface area contributed by atoms with E-state index in [9.17, 15) is 24.8 Å². The molecule has 0 fully saturated rings. The number of furan rings is 1. The van der Waals surface area contributed by atoms with Crippen LogP contribution in [-0.4, -0.2) is 39.0 Å². The predicted octanol–water partition coefficient (Wildman–Crippen LogP) is 6.65. The van der Waals surface area contributed by atoms with Crippen LogP contribution in [0.15, 0.2) is 104 Å². The Morgan fingerprint density at radius 1 is 1.11 bits per heavy atom. The number of hydrogen-bond donors (Lipinski definition) is 1. The maximum Gasteiger partial charge on any atom is 0.335 e. The van der Waals surface area contributed by atoms with Gasteiger partial charge in [-0.2, -0.15) is 9.78 Å². The third-order valence-corrected chi connectivity index (χ3v) is 7.30. The first-order valence-electron chi connectivity index (χ1n) is 13.3. The minimum atomic E-state index is -1.11. The highest BCUT2D eigenvalue weighted by molar-refractivity contribution is 9.10. The fraction of sp³-hybridized carbons (Fsp3) is 0.0625. The number of nitrogens with zero attached hydrogens (tertiary/aromatic N) is 4. The first kappa shape index (κ1) is 29.3. The smallest absolute Gasteiger partial charge is 0.335 e. The number of methoxy groups -OCH3 is 1. The molecule has 0 saturated heterocycles. The number of nitro benzene ring substituents is 1. The van der Waals surface area contributed by atoms with Crippen LogP contribution in [0.3, 0.4) is 0 Å². The zero-order chi connectivity index (χ0) is 31.7. The number of aromatic nitrogens is 2. The van der Waals surface area contributed by atoms with E-state index in [2.05, 4.69) is 26.0 Å². The Labute approximate surface area is 262 Å². The molecule has 1 N–H and O–H groups in total. The second-order valence-corrected chi connectivity index (χ2v) is 10.6. The molecular weight excluding hydrogens is 648 g/mol. The van der Waals surface area contributed by atoms with E-state index < -0.39 is 22.1 Å². The van der Waals surface area contributed by atoms with E-state index >= 15 is 0 Å². The number of hydrogen-bond acceptors (Lipinski definition) is 9. The van der Waals surface area contributed by atoms with Crippen molar-refractivity contribution in [3.63, 3.8) is 0 Å². The average molecular weight is 669 g/mol. The van der Waals surface area contributed by atoms with Gasteiger partial charge in [0.25, 0.3) is 5.56 Å². The molecule has 12 nitrogen and oxygen atoms in total. The van der Waals surface area contributed by atoms with Crippen molar-refractivity contribution >= 4 is 55.7 Å². The van der Waals surface area contributed by atoms with Crippen molar-refractivity contribution in [1.29, 1.82) is 0 Å². The summed E-state index contributed by atoms with van der Waals surface area (Å²) < 4.78 is 19.1. The third-order valence-electron chi connectivity index (χ3n) is 6.81. The van der Waals surface area contributed by atoms with E-state index in [0.29, 0.717) is 27.8 Å². The normalized spacial score (nSPS) is 11.3. The van der Waals surface area contributed by atoms with Gasteiger partial charge in [0, 0.05) is 21.5 Å². The van der Waals surface area contributed by atoms with E-state index in [1.54, 1.807) is 48.5 Å². The summed E-state index contributed by atoms with van der Waals surface area (Å²) in [5, 5.41) is 26.8. The molecule has 2 aromatic heterocycles. The number of fused-ring (bicyclic) bond motifs is 2. The fourth-order valence-electron chi connectivity index (χ4n) is 4.70. The van der Waals surface area contributed by atoms with Crippen LogP contribution in [0.25, 0.3) is 33.5 Å². The molecule has 0 amide bonds. The first-order valence-corrected chi connectivity index (χ1v) is 14.1. The van der Waals surface area contributed by atoms with Crippen molar-refractivity contribution < 1.29 is 28.7 Å². The summed E-state index contributed by atoms with van der Waals surface area (Å²) in [6.07, 6.45) is 1.27. The number of carboxylic acids is 1. The van der Waals surface area contributed by atoms with Gasteiger partial charge in [-0.15, -0.1) is 0 Å². The lowest BCUT2D eigenvalue weighted by molar-refractivity contribution is -0.386. The van der Waals surface area contributed by atoms with Crippen LogP contribution in [-0.2, 0) is 6.61 Å². The molecule has 0 spiro atoms. The molecule has 6 rings (SSSR count). The predicted molar refractivity (Wildman–Crippen MR) is 169 cm³/mol. The molecule has 0 aliphatic rings. The van der Waals surface area contributed by atoms with Gasteiger partial charge in [-0.3, -0.25) is 14.9 Å². The van der Waals surface area contributed by atoms with Crippen molar-refractivity contribution in [2.45, 2.75) is 6.61 Å². The Morgan fingerprint density at radius 2 is 1.93 bits per heavy atom. The van der Waals surface area contributed by atoms with E-state index in [0.717, 1.165) is 14.5 Å². The van der Waals surface area contributed by atoms with E-state index in [1.165, 1.54) is 37.6 Å². The average Bonchev–Trinajstić information content (AvgIpc) is 3.46. The number of halogens is 1. The Hall–Kier alpha value is -5.82. The van der Waals surface area contributed by atoms with Gasteiger partial charge in [0.1, 0.15) is 12.2 Å². The van der Waals surface area contributed by atoms with Crippen molar-refractivity contribution in [1.82, 2.24) is 9.66 Å². The van der Waals surface area contributed by atoms with Gasteiger partial charge in [0.15, 0.2) is 11.5 Å². The molecule has 4 aromatic carbocycles. The zero-order valence-corrected chi connectivity index (χ0v) is 24.9. The second kappa shape index (κ2) is 12.1. The summed E-state index contributed by atoms with van der Waals surface area (Å²) in [4.78, 5) is 41.0. The molecule has 0 radical (unpaired) electrons. The number of carboxylic acid groups (broad SMARTS) is 1. The highest BCUT2D eigenvalue weighted by Gasteiger charge is 2.23. The summed E-state index contributed by atoms with van der Waals surface area (Å²) in [5.41, 5.74) is 0.909. The minimum Gasteiger partial charge on any atom is -0.493 e. The summed E-state index contributed by atoms with van der Waals surface area (Å²) in [7, 11) is 1.33. The maximum atomic E-state index is 13.6. The van der Waals surface area contributed by atoms with Crippen LogP contribution in [0.4, 0.5) is 5.69 Å². The number of ether oxygens (including phenoxy) is 2. The van der Waals surface area contributed by atoms with E-state index in [1.807, 2.05) is 12.1 Å². The molecule has 0 aliphatic carbocycles. The van der Waals surface area contributed by atoms with E-state index in [4.69, 9.17) is 13.9 Å². The van der Waals surface area contributed by atoms with Crippen molar-refractivity contribution in [2.75, 3.05) is 7.11 Å². The lowest BCUT2D eigenvalue weighted by atomic mass is 10.1. The zero-order valence-electron chi connectivity index (χ0n) is 23.3. The van der Waals surface area contributed by atoms with Gasteiger partial charge in [0.05, 0.1) is 34.7 Å². The molecule has 224 valence electrons. The molecule has 2 heterocycles. The van der Waals surface area contributed by atoms with Crippen LogP contribution < -0.4 is 15.0 Å². The van der Waals surface area contributed by atoms with E-state index in [-0.39, 0.29) is 35.1 Å². The third kappa shape index (κ3) is 5.88. The topological polar surface area (TPSA) is 159 Å². The number of rotatable bonds is 9. The van der Waals surface area contributed by atoms with Crippen LogP contribution in [0.5, 0.6) is 11.5 Å². The quantitative estimate of drug-likeness (QED) is 0.101. The molecule has 45 heavy (non-hydrogen) atoms. The van der Waals surface area contributed by atoms with Gasteiger partial charge in [-0.05, 0) is 60.2 Å². The molecule has 0 aliphatic heterocycles. The fourth-order valence-corrected chi connectivity index (χ4v) is 5.08. The SMILES string of the molecule is COc1cc(C=Nn2c(-c3cc4cc(Br)ccc4o3)nc3ccccc3c2=O)cc([N+](=O)[O-])c1OCc1cccc(C(=O)O)c1.